The van der Waals surface area contributed by atoms with Crippen LogP contribution in [0, 0.1) is 0 Å². The molecular weight excluding hydrogens is 500 g/mol. The molecule has 6 N–H and O–H groups in total. The van der Waals surface area contributed by atoms with Crippen LogP contribution in [0.4, 0.5) is 16.3 Å². The van der Waals surface area contributed by atoms with Crippen molar-refractivity contribution in [3.63, 3.8) is 0 Å². The monoisotopic (exact) mass is 538 g/mol. The van der Waals surface area contributed by atoms with Gasteiger partial charge in [0.15, 0.2) is 17.7 Å². The number of imidazole rings is 1. The molecule has 210 valence electrons. The minimum atomic E-state index is -1.15. The van der Waals surface area contributed by atoms with E-state index in [9.17, 15) is 15.0 Å². The number of anilines is 2. The van der Waals surface area contributed by atoms with Crippen LogP contribution in [0.2, 0.25) is 0 Å². The number of aliphatic hydroxyl groups is 2. The number of hydrogen-bond acceptors (Lipinski definition) is 9. The van der Waals surface area contributed by atoms with E-state index < -0.39 is 24.5 Å². The summed E-state index contributed by atoms with van der Waals surface area (Å²) in [6, 6.07) is 7.96. The van der Waals surface area contributed by atoms with Crippen molar-refractivity contribution in [3.8, 4) is 0 Å². The summed E-state index contributed by atoms with van der Waals surface area (Å²) in [6.07, 6.45) is 6.25. The van der Waals surface area contributed by atoms with Gasteiger partial charge in [0, 0.05) is 18.8 Å². The molecule has 12 nitrogen and oxygen atoms in total. The highest BCUT2D eigenvalue weighted by Crippen LogP contribution is 2.33. The van der Waals surface area contributed by atoms with Crippen molar-refractivity contribution >= 4 is 28.7 Å². The zero-order chi connectivity index (χ0) is 27.4. The predicted molar refractivity (Wildman–Crippen MR) is 147 cm³/mol. The normalized spacial score (nSPS) is 23.9. The summed E-state index contributed by atoms with van der Waals surface area (Å²) in [5, 5.41) is 27.1. The van der Waals surface area contributed by atoms with E-state index in [2.05, 4.69) is 37.7 Å². The first kappa shape index (κ1) is 27.3. The number of fused-ring (bicyclic) bond motifs is 1. The number of nitrogens with two attached hydrogens (primary N) is 1. The predicted octanol–water partition coefficient (Wildman–Crippen LogP) is 2.22. The zero-order valence-electron chi connectivity index (χ0n) is 22.2. The standard InChI is InChI=1S/C27H38N8O4/c1-34(13-5-12-29-27(38)33-19-10-8-18(9-11-19)17-6-3-2-4-7-17)14-20-22(36)23(37)26(39-20)35-16-32-21-24(28)30-15-31-25(21)35/h8-11,15-17,20,22-23,26,36-37H,2-7,12-14H2,1H3,(H2,28,30,31)(H2,29,33,38)/t20-,22?,23?,26-/m1/s1. The molecule has 2 unspecified atom stereocenters. The van der Waals surface area contributed by atoms with Gasteiger partial charge in [-0.2, -0.15) is 0 Å². The number of likely N-dealkylation sites (N-methyl/N-ethyl adjacent to an activating group) is 1. The molecule has 0 radical (unpaired) electrons. The number of rotatable bonds is 9. The Hall–Kier alpha value is -3.32. The Bertz CT molecular complexity index is 1250. The average Bonchev–Trinajstić information content (AvgIpc) is 3.49. The molecule has 4 atom stereocenters. The molecule has 1 aromatic carbocycles. The molecule has 39 heavy (non-hydrogen) atoms. The molecule has 1 aliphatic heterocycles. The number of nitrogens with zero attached hydrogens (tertiary/aromatic N) is 5. The summed E-state index contributed by atoms with van der Waals surface area (Å²) < 4.78 is 7.57. The molecule has 5 rings (SSSR count). The first-order valence-corrected chi connectivity index (χ1v) is 13.7. The van der Waals surface area contributed by atoms with Crippen LogP contribution in [0.1, 0.15) is 56.2 Å². The van der Waals surface area contributed by atoms with Crippen LogP contribution in [-0.2, 0) is 4.74 Å². The van der Waals surface area contributed by atoms with E-state index in [1.54, 1.807) is 4.57 Å². The number of nitrogen functional groups attached to an aromatic ring is 1. The summed E-state index contributed by atoms with van der Waals surface area (Å²) in [7, 11) is 1.91. The molecule has 1 saturated carbocycles. The van der Waals surface area contributed by atoms with Gasteiger partial charge in [-0.05, 0) is 56.5 Å². The van der Waals surface area contributed by atoms with Crippen LogP contribution in [0.15, 0.2) is 36.9 Å². The summed E-state index contributed by atoms with van der Waals surface area (Å²) in [4.78, 5) is 26.6. The van der Waals surface area contributed by atoms with Gasteiger partial charge in [-0.25, -0.2) is 19.7 Å². The highest BCUT2D eigenvalue weighted by molar-refractivity contribution is 5.89. The molecule has 0 spiro atoms. The van der Waals surface area contributed by atoms with Crippen LogP contribution in [-0.4, -0.2) is 85.7 Å². The summed E-state index contributed by atoms with van der Waals surface area (Å²) in [5.41, 5.74) is 8.83. The van der Waals surface area contributed by atoms with Gasteiger partial charge in [-0.3, -0.25) is 4.57 Å². The van der Waals surface area contributed by atoms with E-state index in [1.165, 1.54) is 50.3 Å². The van der Waals surface area contributed by atoms with Crippen molar-refractivity contribution in [2.24, 2.45) is 0 Å². The Labute approximate surface area is 227 Å². The average molecular weight is 539 g/mol. The molecular formula is C27H38N8O4. The van der Waals surface area contributed by atoms with Crippen molar-refractivity contribution in [1.29, 1.82) is 0 Å². The minimum absolute atomic E-state index is 0.234. The van der Waals surface area contributed by atoms with Crippen LogP contribution in [0.25, 0.3) is 11.2 Å². The van der Waals surface area contributed by atoms with Crippen molar-refractivity contribution in [2.45, 2.75) is 69.0 Å². The molecule has 2 amide bonds. The minimum Gasteiger partial charge on any atom is -0.387 e. The SMILES string of the molecule is CN(CCCNC(=O)Nc1ccc(C2CCCCC2)cc1)C[C@H]1O[C@@H](n2cnc3c(N)ncnc32)C(O)C1O. The van der Waals surface area contributed by atoms with E-state index in [0.717, 1.165) is 5.69 Å². The number of aliphatic hydroxyl groups excluding tert-OH is 2. The van der Waals surface area contributed by atoms with Gasteiger partial charge < -0.3 is 36.2 Å². The molecule has 3 aromatic rings. The largest absolute Gasteiger partial charge is 0.387 e. The van der Waals surface area contributed by atoms with Crippen LogP contribution in [0.3, 0.4) is 0 Å². The Balaban J connectivity index is 1.04. The maximum Gasteiger partial charge on any atom is 0.319 e. The quantitative estimate of drug-likeness (QED) is 0.257. The van der Waals surface area contributed by atoms with E-state index in [-0.39, 0.29) is 11.8 Å². The van der Waals surface area contributed by atoms with E-state index >= 15 is 0 Å². The Morgan fingerprint density at radius 3 is 2.67 bits per heavy atom. The third-order valence-electron chi connectivity index (χ3n) is 7.74. The van der Waals surface area contributed by atoms with Crippen LogP contribution in [0.5, 0.6) is 0 Å². The lowest BCUT2D eigenvalue weighted by Gasteiger charge is -2.23. The highest BCUT2D eigenvalue weighted by atomic mass is 16.6. The fourth-order valence-electron chi connectivity index (χ4n) is 5.57. The van der Waals surface area contributed by atoms with Crippen LogP contribution >= 0.6 is 0 Å². The summed E-state index contributed by atoms with van der Waals surface area (Å²) in [6.45, 7) is 1.57. The molecule has 3 heterocycles. The van der Waals surface area contributed by atoms with Crippen molar-refractivity contribution in [3.05, 3.63) is 42.5 Å². The number of hydrogen-bond donors (Lipinski definition) is 5. The van der Waals surface area contributed by atoms with E-state index in [0.29, 0.717) is 43.1 Å². The Kier molecular flexibility index (Phi) is 8.56. The van der Waals surface area contributed by atoms with Crippen molar-refractivity contribution in [2.75, 3.05) is 37.7 Å². The van der Waals surface area contributed by atoms with Crippen molar-refractivity contribution < 1.29 is 19.7 Å². The maximum atomic E-state index is 12.3. The lowest BCUT2D eigenvalue weighted by atomic mass is 9.84. The second-order valence-electron chi connectivity index (χ2n) is 10.6. The van der Waals surface area contributed by atoms with E-state index in [4.69, 9.17) is 10.5 Å². The van der Waals surface area contributed by atoms with Gasteiger partial charge >= 0.3 is 6.03 Å². The molecule has 2 fully saturated rings. The second-order valence-corrected chi connectivity index (χ2v) is 10.6. The molecule has 1 aliphatic carbocycles. The number of carbonyl (C=O) groups excluding carboxylic acids is 1. The summed E-state index contributed by atoms with van der Waals surface area (Å²) >= 11 is 0. The lowest BCUT2D eigenvalue weighted by molar-refractivity contribution is -0.0421. The molecule has 12 heteroatoms. The maximum absolute atomic E-state index is 12.3. The van der Waals surface area contributed by atoms with Gasteiger partial charge in [-0.1, -0.05) is 31.4 Å². The Morgan fingerprint density at radius 2 is 1.90 bits per heavy atom. The number of nitrogens with one attached hydrogen (secondary N) is 2. The van der Waals surface area contributed by atoms with E-state index in [1.807, 2.05) is 24.1 Å². The number of amides is 2. The Morgan fingerprint density at radius 1 is 1.13 bits per heavy atom. The second kappa shape index (κ2) is 12.2. The first-order valence-electron chi connectivity index (χ1n) is 13.7. The highest BCUT2D eigenvalue weighted by Gasteiger charge is 2.44. The molecule has 0 bridgehead atoms. The number of benzene rings is 1. The van der Waals surface area contributed by atoms with Gasteiger partial charge in [0.1, 0.15) is 30.2 Å². The number of carbonyl (C=O) groups is 1. The van der Waals surface area contributed by atoms with Crippen molar-refractivity contribution in [1.82, 2.24) is 29.7 Å². The first-order chi connectivity index (χ1) is 18.9. The fraction of sp³-hybridized carbons (Fsp3) is 0.556. The molecule has 2 aliphatic rings. The van der Waals surface area contributed by atoms with Gasteiger partial charge in [-0.15, -0.1) is 0 Å². The molecule has 1 saturated heterocycles. The number of ether oxygens (including phenoxy) is 1. The third kappa shape index (κ3) is 6.30. The number of urea groups is 1. The van der Waals surface area contributed by atoms with Gasteiger partial charge in [0.05, 0.1) is 6.33 Å². The smallest absolute Gasteiger partial charge is 0.319 e. The summed E-state index contributed by atoms with van der Waals surface area (Å²) in [5.74, 6) is 0.876. The number of aromatic nitrogens is 4. The van der Waals surface area contributed by atoms with Crippen LogP contribution < -0.4 is 16.4 Å². The zero-order valence-corrected chi connectivity index (χ0v) is 22.2. The molecule has 2 aromatic heterocycles. The topological polar surface area (TPSA) is 164 Å². The third-order valence-corrected chi connectivity index (χ3v) is 7.74. The van der Waals surface area contributed by atoms with Gasteiger partial charge in [0.25, 0.3) is 0 Å². The van der Waals surface area contributed by atoms with Gasteiger partial charge in [0.2, 0.25) is 0 Å². The lowest BCUT2D eigenvalue weighted by Crippen LogP contribution is -2.39. The fourth-order valence-corrected chi connectivity index (χ4v) is 5.57.